The first-order chi connectivity index (χ1) is 4.34. The van der Waals surface area contributed by atoms with Gasteiger partial charge in [-0.1, -0.05) is 24.9 Å². The van der Waals surface area contributed by atoms with Gasteiger partial charge in [0, 0.05) is 0 Å². The number of thioether (sulfide) groups is 1. The highest BCUT2D eigenvalue weighted by Crippen LogP contribution is 2.20. The highest BCUT2D eigenvalue weighted by molar-refractivity contribution is 8.19. The monoisotopic (exact) mass is 180 g/mol. The Morgan fingerprint density at radius 1 is 1.40 bits per heavy atom. The highest BCUT2D eigenvalue weighted by Gasteiger charge is 2.09. The van der Waals surface area contributed by atoms with Crippen molar-refractivity contribution in [3.8, 4) is 0 Å². The molecule has 0 aliphatic heterocycles. The summed E-state index contributed by atoms with van der Waals surface area (Å²) >= 11 is 0.737. The first-order valence-electron chi connectivity index (χ1n) is 2.18. The Morgan fingerprint density at radius 2 is 1.80 bits per heavy atom. The third kappa shape index (κ3) is 3.54. The molecule has 0 unspecified atom stereocenters. The lowest BCUT2D eigenvalue weighted by Crippen LogP contribution is -2.12. The largest absolute Gasteiger partial charge is 0.394 e. The van der Waals surface area contributed by atoms with E-state index in [1.165, 1.54) is 0 Å². The molecule has 0 aromatic rings. The van der Waals surface area contributed by atoms with Gasteiger partial charge in [-0.05, 0) is 0 Å². The molecule has 0 saturated heterocycles. The molecule has 4 nitrogen and oxygen atoms in total. The summed E-state index contributed by atoms with van der Waals surface area (Å²) in [7, 11) is -3.67. The van der Waals surface area contributed by atoms with Crippen LogP contribution in [0.25, 0.3) is 0 Å². The van der Waals surface area contributed by atoms with Crippen LogP contribution in [0.4, 0.5) is 0 Å². The van der Waals surface area contributed by atoms with Gasteiger partial charge in [0.1, 0.15) is 4.24 Å². The maximum Gasteiger partial charge on any atom is 0.243 e. The molecule has 58 valence electrons. The van der Waals surface area contributed by atoms with E-state index in [2.05, 4.69) is 18.3 Å². The average molecular weight is 180 g/mol. The van der Waals surface area contributed by atoms with Crippen LogP contribution in [0.2, 0.25) is 0 Å². The maximum atomic E-state index is 10.4. The molecule has 0 amide bonds. The minimum atomic E-state index is -3.67. The highest BCUT2D eigenvalue weighted by atomic mass is 32.3. The van der Waals surface area contributed by atoms with Crippen molar-refractivity contribution in [3.63, 3.8) is 0 Å². The molecule has 0 radical (unpaired) electrons. The second kappa shape index (κ2) is 3.09. The topological polar surface area (TPSA) is 86.2 Å². The summed E-state index contributed by atoms with van der Waals surface area (Å²) in [5, 5.41) is 4.83. The summed E-state index contributed by atoms with van der Waals surface area (Å²) in [6.07, 6.45) is 0. The molecular formula is C4H8N2O2S2. The van der Waals surface area contributed by atoms with Crippen LogP contribution in [0.5, 0.6) is 0 Å². The minimum Gasteiger partial charge on any atom is -0.394 e. The quantitative estimate of drug-likeness (QED) is 0.635. The van der Waals surface area contributed by atoms with Crippen LogP contribution < -0.4 is 10.9 Å². The van der Waals surface area contributed by atoms with Gasteiger partial charge in [-0.15, -0.1) is 0 Å². The molecule has 0 spiro atoms. The van der Waals surface area contributed by atoms with Crippen molar-refractivity contribution < 1.29 is 8.42 Å². The van der Waals surface area contributed by atoms with Gasteiger partial charge in [0.15, 0.2) is 0 Å². The van der Waals surface area contributed by atoms with E-state index in [0.29, 0.717) is 0 Å². The number of primary sulfonamides is 1. The second-order valence-corrected chi connectivity index (χ2v) is 4.55. The number of rotatable bonds is 3. The van der Waals surface area contributed by atoms with E-state index in [1.807, 2.05) is 0 Å². The van der Waals surface area contributed by atoms with Crippen LogP contribution in [-0.2, 0) is 10.0 Å². The summed E-state index contributed by atoms with van der Waals surface area (Å²) in [5.74, 6) is 0. The number of hydrogen-bond acceptors (Lipinski definition) is 4. The van der Waals surface area contributed by atoms with E-state index in [9.17, 15) is 8.42 Å². The van der Waals surface area contributed by atoms with Crippen molar-refractivity contribution in [2.24, 2.45) is 10.9 Å². The number of nitrogens with two attached hydrogens (primary N) is 2. The van der Waals surface area contributed by atoms with E-state index in [1.54, 1.807) is 0 Å². The molecule has 4 N–H and O–H groups in total. The summed E-state index contributed by atoms with van der Waals surface area (Å²) in [4.78, 5) is 0. The Hall–Kier alpha value is -0.460. The molecule has 0 aromatic carbocycles. The third-order valence-electron chi connectivity index (χ3n) is 0.562. The van der Waals surface area contributed by atoms with Gasteiger partial charge in [-0.3, -0.25) is 0 Å². The van der Waals surface area contributed by atoms with Crippen molar-refractivity contribution in [2.45, 2.75) is 0 Å². The van der Waals surface area contributed by atoms with Crippen molar-refractivity contribution in [3.05, 3.63) is 22.4 Å². The lowest BCUT2D eigenvalue weighted by molar-refractivity contribution is 0.605. The van der Waals surface area contributed by atoms with E-state index in [4.69, 9.17) is 5.73 Å². The fraction of sp³-hybridized carbons (Fsp3) is 0. The third-order valence-corrected chi connectivity index (χ3v) is 2.63. The zero-order valence-corrected chi connectivity index (χ0v) is 6.83. The molecule has 0 bridgehead atoms. The molecule has 0 heterocycles. The molecule has 10 heavy (non-hydrogen) atoms. The number of hydrogen-bond donors (Lipinski definition) is 2. The first-order valence-corrected chi connectivity index (χ1v) is 4.54. The lowest BCUT2D eigenvalue weighted by atomic mass is 11.1. The van der Waals surface area contributed by atoms with Crippen molar-refractivity contribution in [1.29, 1.82) is 0 Å². The Labute approximate surface area is 64.0 Å². The molecular weight excluding hydrogens is 172 g/mol. The van der Waals surface area contributed by atoms with E-state index in [0.717, 1.165) is 11.8 Å². The number of sulfonamides is 1. The van der Waals surface area contributed by atoms with Crippen LogP contribution in [0.3, 0.4) is 0 Å². The van der Waals surface area contributed by atoms with Gasteiger partial charge in [0.25, 0.3) is 0 Å². The summed E-state index contributed by atoms with van der Waals surface area (Å²) < 4.78 is 20.7. The Morgan fingerprint density at radius 3 is 1.90 bits per heavy atom. The van der Waals surface area contributed by atoms with Crippen LogP contribution >= 0.6 is 11.8 Å². The molecule has 0 aliphatic rings. The van der Waals surface area contributed by atoms with Crippen LogP contribution in [0.1, 0.15) is 0 Å². The molecule has 0 rings (SSSR count). The fourth-order valence-electron chi connectivity index (χ4n) is 0.204. The smallest absolute Gasteiger partial charge is 0.243 e. The SMILES string of the molecule is C=C(N)SC(=C)S(N)(=O)=O. The standard InChI is InChI=1S/C4H8N2O2S2/c1-3(5)9-4(2)10(6,7)8/h1-2,5H2,(H2,6,7,8). The fourth-order valence-corrected chi connectivity index (χ4v) is 1.28. The molecule has 6 heteroatoms. The second-order valence-electron chi connectivity index (χ2n) is 1.49. The van der Waals surface area contributed by atoms with Gasteiger partial charge in [-0.2, -0.15) is 0 Å². The van der Waals surface area contributed by atoms with Gasteiger partial charge < -0.3 is 5.73 Å². The maximum absolute atomic E-state index is 10.4. The average Bonchev–Trinajstić information content (AvgIpc) is 1.60. The molecule has 0 fully saturated rings. The van der Waals surface area contributed by atoms with Gasteiger partial charge in [0.05, 0.1) is 5.03 Å². The van der Waals surface area contributed by atoms with Crippen LogP contribution in [-0.4, -0.2) is 8.42 Å². The molecule has 0 saturated carbocycles. The molecule has 0 atom stereocenters. The van der Waals surface area contributed by atoms with Crippen molar-refractivity contribution in [2.75, 3.05) is 0 Å². The predicted octanol–water partition coefficient (Wildman–Crippen LogP) is -0.0908. The Kier molecular flexibility index (Phi) is 2.95. The first kappa shape index (κ1) is 9.54. The van der Waals surface area contributed by atoms with Gasteiger partial charge in [0.2, 0.25) is 10.0 Å². The van der Waals surface area contributed by atoms with E-state index in [-0.39, 0.29) is 9.27 Å². The zero-order chi connectivity index (χ0) is 8.36. The Bertz CT molecular complexity index is 254. The minimum absolute atomic E-state index is 0.152. The molecule has 0 aliphatic carbocycles. The summed E-state index contributed by atoms with van der Waals surface area (Å²) in [6, 6.07) is 0. The predicted molar refractivity (Wildman–Crippen MR) is 43.2 cm³/mol. The van der Waals surface area contributed by atoms with E-state index >= 15 is 0 Å². The van der Waals surface area contributed by atoms with Crippen LogP contribution in [0.15, 0.2) is 22.4 Å². The van der Waals surface area contributed by atoms with Crippen molar-refractivity contribution >= 4 is 21.8 Å². The summed E-state index contributed by atoms with van der Waals surface area (Å²) in [6.45, 7) is 6.44. The van der Waals surface area contributed by atoms with Gasteiger partial charge in [-0.25, -0.2) is 13.6 Å². The normalized spacial score (nSPS) is 10.9. The van der Waals surface area contributed by atoms with E-state index < -0.39 is 10.0 Å². The Balaban J connectivity index is 4.28. The zero-order valence-electron chi connectivity index (χ0n) is 5.20. The van der Waals surface area contributed by atoms with Crippen molar-refractivity contribution in [1.82, 2.24) is 0 Å². The van der Waals surface area contributed by atoms with Crippen LogP contribution in [0, 0.1) is 0 Å². The summed E-state index contributed by atoms with van der Waals surface area (Å²) in [5.41, 5.74) is 5.08. The molecule has 0 aromatic heterocycles. The van der Waals surface area contributed by atoms with Gasteiger partial charge >= 0.3 is 0 Å². The lowest BCUT2D eigenvalue weighted by Gasteiger charge is -1.99.